The topological polar surface area (TPSA) is 69.7 Å². The summed E-state index contributed by atoms with van der Waals surface area (Å²) in [6, 6.07) is 0. The van der Waals surface area contributed by atoms with Crippen molar-refractivity contribution in [3.05, 3.63) is 11.6 Å². The summed E-state index contributed by atoms with van der Waals surface area (Å²) in [5.41, 5.74) is 0.989. The van der Waals surface area contributed by atoms with Crippen molar-refractivity contribution in [1.82, 2.24) is 0 Å². The highest BCUT2D eigenvalue weighted by Gasteiger charge is 2.60. The van der Waals surface area contributed by atoms with Crippen LogP contribution in [0.15, 0.2) is 11.6 Å². The van der Waals surface area contributed by atoms with Gasteiger partial charge in [-0.1, -0.05) is 18.6 Å². The van der Waals surface area contributed by atoms with E-state index in [1.807, 2.05) is 0 Å². The van der Waals surface area contributed by atoms with E-state index in [4.69, 9.17) is 9.47 Å². The van der Waals surface area contributed by atoms with Gasteiger partial charge in [-0.15, -0.1) is 0 Å². The third kappa shape index (κ3) is 3.02. The molecule has 0 unspecified atom stereocenters. The van der Waals surface area contributed by atoms with Crippen molar-refractivity contribution in [3.8, 4) is 0 Å². The highest BCUT2D eigenvalue weighted by Crippen LogP contribution is 2.64. The standard InChI is InChI=1S/C23H32O5/c1-14(24)27-13-23-11-8-17(28-15(2)25)12-16(23)4-5-18-19-6-7-21(26)22(19,3)10-9-20(18)23/h4,17-20H,5-13H2,1-3H3/t17-,18-,19-,20-,22-,23+/m0/s1. The van der Waals surface area contributed by atoms with Gasteiger partial charge in [0.15, 0.2) is 0 Å². The molecule has 3 saturated carbocycles. The van der Waals surface area contributed by atoms with Crippen molar-refractivity contribution in [1.29, 1.82) is 0 Å². The smallest absolute Gasteiger partial charge is 0.302 e. The fourth-order valence-corrected chi connectivity index (χ4v) is 7.03. The van der Waals surface area contributed by atoms with E-state index in [9.17, 15) is 14.4 Å². The summed E-state index contributed by atoms with van der Waals surface area (Å²) >= 11 is 0. The number of esters is 2. The van der Waals surface area contributed by atoms with Gasteiger partial charge in [0.1, 0.15) is 18.5 Å². The first-order valence-corrected chi connectivity index (χ1v) is 10.8. The molecule has 0 amide bonds. The summed E-state index contributed by atoms with van der Waals surface area (Å²) in [4.78, 5) is 35.7. The third-order valence-corrected chi connectivity index (χ3v) is 8.36. The Morgan fingerprint density at radius 1 is 1.11 bits per heavy atom. The van der Waals surface area contributed by atoms with Gasteiger partial charge in [-0.3, -0.25) is 14.4 Å². The van der Waals surface area contributed by atoms with Crippen LogP contribution in [-0.2, 0) is 23.9 Å². The summed E-state index contributed by atoms with van der Waals surface area (Å²) in [5, 5.41) is 0. The van der Waals surface area contributed by atoms with Gasteiger partial charge in [-0.25, -0.2) is 0 Å². The molecule has 4 aliphatic rings. The fraction of sp³-hybridized carbons (Fsp3) is 0.783. The maximum atomic E-state index is 12.6. The Balaban J connectivity index is 1.65. The molecule has 0 aliphatic heterocycles. The van der Waals surface area contributed by atoms with E-state index in [0.29, 0.717) is 36.6 Å². The van der Waals surface area contributed by atoms with E-state index < -0.39 is 0 Å². The molecular weight excluding hydrogens is 356 g/mol. The summed E-state index contributed by atoms with van der Waals surface area (Å²) < 4.78 is 11.1. The molecular formula is C23H32O5. The van der Waals surface area contributed by atoms with Crippen molar-refractivity contribution in [2.75, 3.05) is 6.61 Å². The van der Waals surface area contributed by atoms with Crippen molar-refractivity contribution in [2.45, 2.75) is 78.2 Å². The normalized spacial score (nSPS) is 42.0. The minimum absolute atomic E-state index is 0.0762. The zero-order chi connectivity index (χ0) is 20.1. The van der Waals surface area contributed by atoms with E-state index >= 15 is 0 Å². The van der Waals surface area contributed by atoms with E-state index in [1.54, 1.807) is 0 Å². The summed E-state index contributed by atoms with van der Waals surface area (Å²) in [6.45, 7) is 5.53. The minimum Gasteiger partial charge on any atom is -0.465 e. The highest BCUT2D eigenvalue weighted by atomic mass is 16.5. The predicted octanol–water partition coefficient (Wildman–Crippen LogP) is 3.99. The Morgan fingerprint density at radius 2 is 1.89 bits per heavy atom. The van der Waals surface area contributed by atoms with Gasteiger partial charge in [-0.2, -0.15) is 0 Å². The molecule has 6 atom stereocenters. The number of Topliss-reactive ketones (excluding diaryl/α,β-unsaturated/α-hetero) is 1. The first kappa shape index (κ1) is 19.7. The second-order valence-corrected chi connectivity index (χ2v) is 9.67. The number of ketones is 1. The molecule has 0 N–H and O–H groups in total. The van der Waals surface area contributed by atoms with Crippen LogP contribution in [0.3, 0.4) is 0 Å². The van der Waals surface area contributed by atoms with Gasteiger partial charge in [0.25, 0.3) is 0 Å². The van der Waals surface area contributed by atoms with Crippen LogP contribution in [0.4, 0.5) is 0 Å². The Bertz CT molecular complexity index is 725. The molecule has 3 fully saturated rings. The summed E-state index contributed by atoms with van der Waals surface area (Å²) in [7, 11) is 0. The quantitative estimate of drug-likeness (QED) is 0.540. The van der Waals surface area contributed by atoms with E-state index in [0.717, 1.165) is 44.9 Å². The van der Waals surface area contributed by atoms with Gasteiger partial charge in [0.05, 0.1) is 0 Å². The van der Waals surface area contributed by atoms with Crippen LogP contribution in [0.25, 0.3) is 0 Å². The Morgan fingerprint density at radius 3 is 2.61 bits per heavy atom. The number of hydrogen-bond acceptors (Lipinski definition) is 5. The van der Waals surface area contributed by atoms with Crippen LogP contribution in [0.5, 0.6) is 0 Å². The summed E-state index contributed by atoms with van der Waals surface area (Å²) in [6.07, 6.45) is 9.34. The number of fused-ring (bicyclic) bond motifs is 5. The molecule has 0 heterocycles. The van der Waals surface area contributed by atoms with Gasteiger partial charge >= 0.3 is 11.9 Å². The monoisotopic (exact) mass is 388 g/mol. The Hall–Kier alpha value is -1.65. The van der Waals surface area contributed by atoms with Gasteiger partial charge < -0.3 is 9.47 Å². The van der Waals surface area contributed by atoms with Gasteiger partial charge in [0.2, 0.25) is 0 Å². The molecule has 28 heavy (non-hydrogen) atoms. The number of carbonyl (C=O) groups excluding carboxylic acids is 3. The van der Waals surface area contributed by atoms with Crippen molar-refractivity contribution >= 4 is 17.7 Å². The molecule has 5 heteroatoms. The highest BCUT2D eigenvalue weighted by molar-refractivity contribution is 5.87. The lowest BCUT2D eigenvalue weighted by Gasteiger charge is -2.57. The van der Waals surface area contributed by atoms with Gasteiger partial charge in [0, 0.05) is 37.5 Å². The van der Waals surface area contributed by atoms with Crippen LogP contribution in [0, 0.1) is 28.6 Å². The average molecular weight is 389 g/mol. The molecule has 0 aromatic heterocycles. The van der Waals surface area contributed by atoms with Crippen molar-refractivity contribution in [2.24, 2.45) is 28.6 Å². The number of rotatable bonds is 3. The lowest BCUT2D eigenvalue weighted by atomic mass is 9.47. The van der Waals surface area contributed by atoms with Crippen molar-refractivity contribution in [3.63, 3.8) is 0 Å². The second-order valence-electron chi connectivity index (χ2n) is 9.67. The zero-order valence-corrected chi connectivity index (χ0v) is 17.3. The molecule has 5 nitrogen and oxygen atoms in total. The number of hydrogen-bond donors (Lipinski definition) is 0. The summed E-state index contributed by atoms with van der Waals surface area (Å²) in [5.74, 6) is 1.33. The lowest BCUT2D eigenvalue weighted by Crippen LogP contribution is -2.53. The van der Waals surface area contributed by atoms with E-state index in [-0.39, 0.29) is 28.9 Å². The minimum atomic E-state index is -0.241. The van der Waals surface area contributed by atoms with Crippen LogP contribution in [0.1, 0.15) is 72.1 Å². The fourth-order valence-electron chi connectivity index (χ4n) is 7.03. The molecule has 4 aliphatic carbocycles. The number of ether oxygens (including phenoxy) is 2. The molecule has 0 radical (unpaired) electrons. The first-order valence-electron chi connectivity index (χ1n) is 10.8. The Labute approximate surface area is 167 Å². The third-order valence-electron chi connectivity index (χ3n) is 8.36. The lowest BCUT2D eigenvalue weighted by molar-refractivity contribution is -0.153. The van der Waals surface area contributed by atoms with Crippen LogP contribution in [-0.4, -0.2) is 30.4 Å². The molecule has 0 aromatic rings. The maximum absolute atomic E-state index is 12.6. The van der Waals surface area contributed by atoms with Crippen molar-refractivity contribution < 1.29 is 23.9 Å². The van der Waals surface area contributed by atoms with E-state index in [2.05, 4.69) is 13.0 Å². The molecule has 4 rings (SSSR count). The predicted molar refractivity (Wildman–Crippen MR) is 103 cm³/mol. The average Bonchev–Trinajstić information content (AvgIpc) is 2.94. The number of allylic oxidation sites excluding steroid dienone is 1. The largest absolute Gasteiger partial charge is 0.465 e. The molecule has 0 bridgehead atoms. The van der Waals surface area contributed by atoms with Crippen LogP contribution >= 0.6 is 0 Å². The molecule has 154 valence electrons. The first-order chi connectivity index (χ1) is 13.3. The molecule has 0 aromatic carbocycles. The molecule has 0 saturated heterocycles. The SMILES string of the molecule is CC(=O)OC[C@]12CC[C@H](OC(C)=O)CC1=CC[C@@H]1[C@@H]2CC[C@]2(C)C(=O)CC[C@@H]12. The van der Waals surface area contributed by atoms with Crippen LogP contribution in [0.2, 0.25) is 0 Å². The number of carbonyl (C=O) groups is 3. The second kappa shape index (κ2) is 7.00. The van der Waals surface area contributed by atoms with E-state index in [1.165, 1.54) is 19.4 Å². The Kier molecular flexibility index (Phi) is 4.91. The molecule has 0 spiro atoms. The zero-order valence-electron chi connectivity index (χ0n) is 17.3. The maximum Gasteiger partial charge on any atom is 0.302 e. The van der Waals surface area contributed by atoms with Gasteiger partial charge in [-0.05, 0) is 56.3 Å². The van der Waals surface area contributed by atoms with Crippen LogP contribution < -0.4 is 0 Å².